The zero-order valence-corrected chi connectivity index (χ0v) is 18.2. The number of methoxy groups -OCH3 is 1. The van der Waals surface area contributed by atoms with Gasteiger partial charge in [-0.2, -0.15) is 9.78 Å². The molecule has 0 spiro atoms. The van der Waals surface area contributed by atoms with Crippen LogP contribution in [0.1, 0.15) is 19.0 Å². The highest BCUT2D eigenvalue weighted by atomic mass is 16.5. The number of aromatic amines is 1. The Morgan fingerprint density at radius 1 is 1.18 bits per heavy atom. The summed E-state index contributed by atoms with van der Waals surface area (Å²) < 4.78 is 17.4. The lowest BCUT2D eigenvalue weighted by molar-refractivity contribution is -0.118. The van der Waals surface area contributed by atoms with Crippen LogP contribution >= 0.6 is 0 Å². The van der Waals surface area contributed by atoms with Crippen molar-refractivity contribution in [2.24, 2.45) is 0 Å². The second kappa shape index (κ2) is 9.86. The first kappa shape index (κ1) is 21.9. The van der Waals surface area contributed by atoms with Gasteiger partial charge in [0.25, 0.3) is 11.5 Å². The van der Waals surface area contributed by atoms with Gasteiger partial charge in [0.05, 0.1) is 13.4 Å². The molecule has 0 saturated heterocycles. The van der Waals surface area contributed by atoms with Crippen molar-refractivity contribution in [1.29, 1.82) is 0 Å². The number of hydrogen-bond acceptors (Lipinski definition) is 7. The molecule has 3 aromatic heterocycles. The van der Waals surface area contributed by atoms with Crippen molar-refractivity contribution in [3.63, 3.8) is 0 Å². The lowest BCUT2D eigenvalue weighted by Gasteiger charge is -2.10. The standard InChI is InChI=1S/C23H23N5O5/c1-3-5-15-12-21(29)26-23(24-15)28-20(13-18(27-28)19-6-4-11-32-19)25-22(30)14-33-17-9-7-16(31-2)8-10-17/h4,6-13H,3,5,14H2,1-2H3,(H,25,30)(H,24,26,29). The van der Waals surface area contributed by atoms with Gasteiger partial charge in [-0.05, 0) is 42.8 Å². The zero-order chi connectivity index (χ0) is 23.2. The highest BCUT2D eigenvalue weighted by Crippen LogP contribution is 2.24. The molecule has 0 aliphatic rings. The first-order valence-corrected chi connectivity index (χ1v) is 10.4. The Labute approximate surface area is 189 Å². The summed E-state index contributed by atoms with van der Waals surface area (Å²) in [6.45, 7) is 1.77. The summed E-state index contributed by atoms with van der Waals surface area (Å²) in [6.07, 6.45) is 3.00. The number of furan rings is 1. The van der Waals surface area contributed by atoms with Crippen molar-refractivity contribution >= 4 is 11.7 Å². The van der Waals surface area contributed by atoms with E-state index in [0.717, 1.165) is 6.42 Å². The maximum Gasteiger partial charge on any atom is 0.263 e. The molecular weight excluding hydrogens is 426 g/mol. The van der Waals surface area contributed by atoms with Gasteiger partial charge in [-0.15, -0.1) is 0 Å². The molecule has 10 nitrogen and oxygen atoms in total. The van der Waals surface area contributed by atoms with Crippen LogP contribution in [0, 0.1) is 0 Å². The Kier molecular flexibility index (Phi) is 6.53. The minimum Gasteiger partial charge on any atom is -0.497 e. The van der Waals surface area contributed by atoms with E-state index in [9.17, 15) is 9.59 Å². The number of rotatable bonds is 9. The van der Waals surface area contributed by atoms with Gasteiger partial charge in [-0.3, -0.25) is 14.6 Å². The van der Waals surface area contributed by atoms with Crippen LogP contribution in [0.25, 0.3) is 17.4 Å². The molecule has 4 aromatic rings. The van der Waals surface area contributed by atoms with E-state index in [-0.39, 0.29) is 18.1 Å². The fraction of sp³-hybridized carbons (Fsp3) is 0.217. The largest absolute Gasteiger partial charge is 0.497 e. The lowest BCUT2D eigenvalue weighted by atomic mass is 10.2. The molecule has 3 heterocycles. The van der Waals surface area contributed by atoms with E-state index in [1.807, 2.05) is 6.92 Å². The predicted octanol–water partition coefficient (Wildman–Crippen LogP) is 3.19. The first-order chi connectivity index (χ1) is 16.1. The normalized spacial score (nSPS) is 10.7. The van der Waals surface area contributed by atoms with E-state index in [1.165, 1.54) is 17.0 Å². The molecular formula is C23H23N5O5. The van der Waals surface area contributed by atoms with Gasteiger partial charge in [0.1, 0.15) is 23.0 Å². The molecule has 0 aliphatic carbocycles. The third-order valence-corrected chi connectivity index (χ3v) is 4.67. The van der Waals surface area contributed by atoms with Crippen LogP contribution in [-0.4, -0.2) is 39.4 Å². The molecule has 33 heavy (non-hydrogen) atoms. The Balaban J connectivity index is 1.58. The monoisotopic (exact) mass is 449 g/mol. The lowest BCUT2D eigenvalue weighted by Crippen LogP contribution is -2.23. The molecule has 0 fully saturated rings. The van der Waals surface area contributed by atoms with Crippen LogP contribution in [0.2, 0.25) is 0 Å². The van der Waals surface area contributed by atoms with Gasteiger partial charge in [-0.1, -0.05) is 13.3 Å². The van der Waals surface area contributed by atoms with E-state index in [4.69, 9.17) is 13.9 Å². The maximum absolute atomic E-state index is 12.6. The summed E-state index contributed by atoms with van der Waals surface area (Å²) in [5.74, 6) is 1.80. The molecule has 1 aromatic carbocycles. The highest BCUT2D eigenvalue weighted by molar-refractivity contribution is 5.91. The van der Waals surface area contributed by atoms with Gasteiger partial charge in [0, 0.05) is 17.8 Å². The van der Waals surface area contributed by atoms with E-state index in [0.29, 0.717) is 40.9 Å². The predicted molar refractivity (Wildman–Crippen MR) is 121 cm³/mol. The highest BCUT2D eigenvalue weighted by Gasteiger charge is 2.17. The number of aromatic nitrogens is 4. The maximum atomic E-state index is 12.6. The number of carbonyl (C=O) groups is 1. The molecule has 0 radical (unpaired) electrons. The number of carbonyl (C=O) groups excluding carboxylic acids is 1. The van der Waals surface area contributed by atoms with Crippen molar-refractivity contribution in [1.82, 2.24) is 19.7 Å². The smallest absolute Gasteiger partial charge is 0.263 e. The van der Waals surface area contributed by atoms with Gasteiger partial charge in [0.2, 0.25) is 5.95 Å². The number of amides is 1. The second-order valence-electron chi connectivity index (χ2n) is 7.13. The summed E-state index contributed by atoms with van der Waals surface area (Å²) in [5, 5.41) is 7.24. The van der Waals surface area contributed by atoms with Crippen molar-refractivity contribution in [2.45, 2.75) is 19.8 Å². The molecule has 4 rings (SSSR count). The van der Waals surface area contributed by atoms with Crippen molar-refractivity contribution in [2.75, 3.05) is 19.0 Å². The molecule has 0 bridgehead atoms. The third kappa shape index (κ3) is 5.29. The van der Waals surface area contributed by atoms with Gasteiger partial charge >= 0.3 is 0 Å². The van der Waals surface area contributed by atoms with Crippen LogP contribution in [0.4, 0.5) is 5.82 Å². The van der Waals surface area contributed by atoms with E-state index in [1.54, 1.807) is 49.6 Å². The van der Waals surface area contributed by atoms with Crippen molar-refractivity contribution in [3.05, 3.63) is 70.8 Å². The van der Waals surface area contributed by atoms with E-state index < -0.39 is 5.91 Å². The number of nitrogens with zero attached hydrogens (tertiary/aromatic N) is 3. The van der Waals surface area contributed by atoms with Crippen LogP contribution in [-0.2, 0) is 11.2 Å². The minimum absolute atomic E-state index is 0.190. The quantitative estimate of drug-likeness (QED) is 0.402. The SMILES string of the molecule is CCCc1cc(=O)[nH]c(-n2nc(-c3ccco3)cc2NC(=O)COc2ccc(OC)cc2)n1. The third-order valence-electron chi connectivity index (χ3n) is 4.67. The van der Waals surface area contributed by atoms with Gasteiger partial charge in [0.15, 0.2) is 12.4 Å². The molecule has 170 valence electrons. The number of benzene rings is 1. The Bertz CT molecular complexity index is 1280. The van der Waals surface area contributed by atoms with Crippen LogP contribution in [0.15, 0.2) is 64.0 Å². The molecule has 0 unspecified atom stereocenters. The number of nitrogens with one attached hydrogen (secondary N) is 2. The Hall–Kier alpha value is -4.34. The van der Waals surface area contributed by atoms with Crippen LogP contribution in [0.5, 0.6) is 11.5 Å². The van der Waals surface area contributed by atoms with Gasteiger partial charge < -0.3 is 19.2 Å². The second-order valence-corrected chi connectivity index (χ2v) is 7.13. The van der Waals surface area contributed by atoms with Gasteiger partial charge in [-0.25, -0.2) is 4.98 Å². The average Bonchev–Trinajstić information content (AvgIpc) is 3.48. The summed E-state index contributed by atoms with van der Waals surface area (Å²) in [6, 6.07) is 13.5. The number of anilines is 1. The minimum atomic E-state index is -0.412. The number of ether oxygens (including phenoxy) is 2. The molecule has 0 saturated carbocycles. The topological polar surface area (TPSA) is 124 Å². The van der Waals surface area contributed by atoms with E-state index >= 15 is 0 Å². The fourth-order valence-corrected chi connectivity index (χ4v) is 3.15. The van der Waals surface area contributed by atoms with E-state index in [2.05, 4.69) is 20.4 Å². The number of H-pyrrole nitrogens is 1. The Morgan fingerprint density at radius 2 is 1.97 bits per heavy atom. The summed E-state index contributed by atoms with van der Waals surface area (Å²) in [7, 11) is 1.57. The molecule has 10 heteroatoms. The summed E-state index contributed by atoms with van der Waals surface area (Å²) in [4.78, 5) is 31.9. The summed E-state index contributed by atoms with van der Waals surface area (Å²) in [5.41, 5.74) is 0.792. The molecule has 2 N–H and O–H groups in total. The van der Waals surface area contributed by atoms with Crippen molar-refractivity contribution in [3.8, 4) is 28.9 Å². The molecule has 1 amide bonds. The summed E-state index contributed by atoms with van der Waals surface area (Å²) >= 11 is 0. The zero-order valence-electron chi connectivity index (χ0n) is 18.2. The molecule has 0 atom stereocenters. The van der Waals surface area contributed by atoms with Crippen molar-refractivity contribution < 1.29 is 18.7 Å². The number of hydrogen-bond donors (Lipinski definition) is 2. The number of aryl methyl sites for hydroxylation is 1. The van der Waals surface area contributed by atoms with Crippen LogP contribution in [0.3, 0.4) is 0 Å². The van der Waals surface area contributed by atoms with Crippen LogP contribution < -0.4 is 20.3 Å². The first-order valence-electron chi connectivity index (χ1n) is 10.4. The Morgan fingerprint density at radius 3 is 2.67 bits per heavy atom. The molecule has 0 aliphatic heterocycles. The fourth-order valence-electron chi connectivity index (χ4n) is 3.15. The average molecular weight is 449 g/mol.